The van der Waals surface area contributed by atoms with Crippen molar-refractivity contribution in [1.82, 2.24) is 0 Å². The van der Waals surface area contributed by atoms with Crippen molar-refractivity contribution < 1.29 is 17.0 Å². The molecule has 0 bridgehead atoms. The smallest absolute Gasteiger partial charge is 0.180 e. The van der Waals surface area contributed by atoms with E-state index in [0.29, 0.717) is 0 Å². The second kappa shape index (κ2) is 6.16. The van der Waals surface area contributed by atoms with Crippen molar-refractivity contribution in [3.8, 4) is 0 Å². The van der Waals surface area contributed by atoms with Crippen molar-refractivity contribution >= 4 is 28.8 Å². The van der Waals surface area contributed by atoms with Crippen LogP contribution in [-0.2, 0) is 0 Å². The Bertz CT molecular complexity index is 655. The molecule has 0 radical (unpaired) electrons. The van der Waals surface area contributed by atoms with E-state index in [1.54, 1.807) is 0 Å². The number of hydrogen-bond acceptors (Lipinski definition) is 3. The number of rotatable bonds is 1. The van der Waals surface area contributed by atoms with E-state index in [9.17, 15) is 0 Å². The second-order valence-corrected chi connectivity index (χ2v) is 6.67. The average molecular weight is 322 g/mol. The third-order valence-corrected chi connectivity index (χ3v) is 4.81. The maximum Gasteiger partial charge on any atom is 0.180 e. The third kappa shape index (κ3) is 3.11. The van der Waals surface area contributed by atoms with Gasteiger partial charge in [-0.3, -0.25) is 0 Å². The molecule has 1 aliphatic heterocycles. The summed E-state index contributed by atoms with van der Waals surface area (Å²) in [6.45, 7) is 0. The van der Waals surface area contributed by atoms with E-state index in [1.807, 2.05) is 11.8 Å². The van der Waals surface area contributed by atoms with E-state index in [4.69, 9.17) is 0 Å². The summed E-state index contributed by atoms with van der Waals surface area (Å²) < 4.78 is 2.19. The molecule has 1 aromatic rings. The summed E-state index contributed by atoms with van der Waals surface area (Å²) in [5.41, 5.74) is 5.04. The molecule has 3 rings (SSSR count). The lowest BCUT2D eigenvalue weighted by molar-refractivity contribution is -0.464. The summed E-state index contributed by atoms with van der Waals surface area (Å²) in [4.78, 5) is 4.85. The Labute approximate surface area is 136 Å². The molecule has 0 aromatic heterocycles. The number of fused-ring (bicyclic) bond motifs is 1. The first kappa shape index (κ1) is 16.0. The minimum Gasteiger partial charge on any atom is -1.00 e. The lowest BCUT2D eigenvalue weighted by Crippen LogP contribution is -3.00. The second-order valence-electron chi connectivity index (χ2n) is 5.53. The van der Waals surface area contributed by atoms with E-state index < -0.39 is 0 Å². The Morgan fingerprint density at radius 3 is 2.62 bits per heavy atom. The molecular formula is C16H20ClN3S. The number of anilines is 2. The van der Waals surface area contributed by atoms with Gasteiger partial charge in [0.25, 0.3) is 0 Å². The van der Waals surface area contributed by atoms with Crippen LogP contribution in [-0.4, -0.2) is 38.5 Å². The largest absolute Gasteiger partial charge is 1.00 e. The Morgan fingerprint density at radius 1 is 1.19 bits per heavy atom. The topological polar surface area (TPSA) is 18.3 Å². The summed E-state index contributed by atoms with van der Waals surface area (Å²) in [6.07, 6.45) is 5.39. The molecule has 0 spiro atoms. The van der Waals surface area contributed by atoms with Crippen LogP contribution in [0.15, 0.2) is 45.8 Å². The Kier molecular flexibility index (Phi) is 4.69. The summed E-state index contributed by atoms with van der Waals surface area (Å²) in [5.74, 6) is 0. The highest BCUT2D eigenvalue weighted by Crippen LogP contribution is 2.44. The highest BCUT2D eigenvalue weighted by molar-refractivity contribution is 8.03. The van der Waals surface area contributed by atoms with Crippen molar-refractivity contribution in [3.63, 3.8) is 0 Å². The van der Waals surface area contributed by atoms with E-state index in [-0.39, 0.29) is 12.4 Å². The highest BCUT2D eigenvalue weighted by Gasteiger charge is 2.23. The van der Waals surface area contributed by atoms with Gasteiger partial charge in [-0.15, -0.1) is 0 Å². The Balaban J connectivity index is 0.00000161. The zero-order valence-corrected chi connectivity index (χ0v) is 14.3. The molecule has 0 saturated heterocycles. The lowest BCUT2D eigenvalue weighted by Gasteiger charge is -2.25. The van der Waals surface area contributed by atoms with Gasteiger partial charge in [0.1, 0.15) is 14.1 Å². The molecule has 1 heterocycles. The zero-order valence-electron chi connectivity index (χ0n) is 12.8. The molecule has 0 fully saturated rings. The van der Waals surface area contributed by atoms with E-state index in [1.165, 1.54) is 32.6 Å². The Hall–Kier alpha value is -1.39. The van der Waals surface area contributed by atoms with Crippen LogP contribution < -0.4 is 22.6 Å². The first-order valence-corrected chi connectivity index (χ1v) is 7.57. The fourth-order valence-electron chi connectivity index (χ4n) is 2.36. The van der Waals surface area contributed by atoms with Gasteiger partial charge in [0, 0.05) is 41.4 Å². The molecular weight excluding hydrogens is 302 g/mol. The number of nitrogens with zero attached hydrogens (tertiary/aromatic N) is 2. The van der Waals surface area contributed by atoms with Crippen LogP contribution in [0.1, 0.15) is 6.42 Å². The predicted octanol–water partition coefficient (Wildman–Crippen LogP) is 0.159. The van der Waals surface area contributed by atoms with Crippen molar-refractivity contribution in [2.24, 2.45) is 0 Å². The molecule has 0 saturated carbocycles. The molecule has 112 valence electrons. The molecule has 0 atom stereocenters. The van der Waals surface area contributed by atoms with Gasteiger partial charge in [-0.25, -0.2) is 4.58 Å². The monoisotopic (exact) mass is 321 g/mol. The first-order chi connectivity index (χ1) is 9.54. The van der Waals surface area contributed by atoms with Crippen LogP contribution in [0.3, 0.4) is 0 Å². The molecule has 2 aliphatic rings. The standard InChI is InChI=1S/C16H20N3S.ClH/c1-18(2)11-5-7-13-15(9-11)20-16-10-12(19(3)4)6-8-14(16)17-13;/h5-9,17H,10H2,1-4H3;1H/q+1;/p-1. The lowest BCUT2D eigenvalue weighted by atomic mass is 10.1. The van der Waals surface area contributed by atoms with E-state index in [0.717, 1.165) is 6.42 Å². The number of nitrogens with one attached hydrogen (secondary N) is 1. The number of allylic oxidation sites excluding steroid dienone is 3. The zero-order chi connectivity index (χ0) is 14.3. The molecule has 3 nitrogen and oxygen atoms in total. The molecule has 1 aromatic carbocycles. The highest BCUT2D eigenvalue weighted by atomic mass is 35.5. The molecule has 0 unspecified atom stereocenters. The van der Waals surface area contributed by atoms with Gasteiger partial charge < -0.3 is 22.6 Å². The van der Waals surface area contributed by atoms with Gasteiger partial charge in [-0.1, -0.05) is 11.8 Å². The maximum absolute atomic E-state index is 3.55. The van der Waals surface area contributed by atoms with Crippen LogP contribution in [0, 0.1) is 0 Å². The normalized spacial score (nSPS) is 15.7. The van der Waals surface area contributed by atoms with Gasteiger partial charge >= 0.3 is 0 Å². The summed E-state index contributed by atoms with van der Waals surface area (Å²) in [6, 6.07) is 6.58. The van der Waals surface area contributed by atoms with Crippen LogP contribution in [0.4, 0.5) is 11.4 Å². The van der Waals surface area contributed by atoms with Gasteiger partial charge in [0.15, 0.2) is 5.71 Å². The van der Waals surface area contributed by atoms with Gasteiger partial charge in [0.2, 0.25) is 0 Å². The SMILES string of the molecule is CN(C)c1ccc2c(c1)SC1=C(C=CC(=[N+](C)C)C1)N2.[Cl-]. The molecule has 0 amide bonds. The molecule has 21 heavy (non-hydrogen) atoms. The number of hydrogen-bond donors (Lipinski definition) is 1. The van der Waals surface area contributed by atoms with Crippen molar-refractivity contribution in [2.75, 3.05) is 38.4 Å². The van der Waals surface area contributed by atoms with Crippen LogP contribution in [0.25, 0.3) is 0 Å². The quantitative estimate of drug-likeness (QED) is 0.743. The first-order valence-electron chi connectivity index (χ1n) is 6.75. The minimum atomic E-state index is 0. The molecule has 5 heteroatoms. The number of thioether (sulfide) groups is 1. The van der Waals surface area contributed by atoms with Crippen molar-refractivity contribution in [1.29, 1.82) is 0 Å². The minimum absolute atomic E-state index is 0. The summed E-state index contributed by atoms with van der Waals surface area (Å²) >= 11 is 1.89. The number of halogens is 1. The predicted molar refractivity (Wildman–Crippen MR) is 88.1 cm³/mol. The van der Waals surface area contributed by atoms with Gasteiger partial charge in [0.05, 0.1) is 12.1 Å². The third-order valence-electron chi connectivity index (χ3n) is 3.64. The van der Waals surface area contributed by atoms with E-state index in [2.05, 4.69) is 73.3 Å². The summed E-state index contributed by atoms with van der Waals surface area (Å²) in [7, 11) is 8.36. The van der Waals surface area contributed by atoms with Crippen LogP contribution in [0.5, 0.6) is 0 Å². The van der Waals surface area contributed by atoms with Gasteiger partial charge in [-0.2, -0.15) is 0 Å². The fourth-order valence-corrected chi connectivity index (χ4v) is 3.48. The van der Waals surface area contributed by atoms with Crippen LogP contribution in [0.2, 0.25) is 0 Å². The van der Waals surface area contributed by atoms with Crippen molar-refractivity contribution in [3.05, 3.63) is 41.0 Å². The fraction of sp³-hybridized carbons (Fsp3) is 0.312. The van der Waals surface area contributed by atoms with Crippen LogP contribution >= 0.6 is 11.8 Å². The number of benzene rings is 1. The maximum atomic E-state index is 3.55. The average Bonchev–Trinajstić information content (AvgIpc) is 2.43. The van der Waals surface area contributed by atoms with Gasteiger partial charge in [-0.05, 0) is 24.3 Å². The molecule has 1 N–H and O–H groups in total. The summed E-state index contributed by atoms with van der Waals surface area (Å²) in [5, 5.41) is 3.55. The van der Waals surface area contributed by atoms with Crippen molar-refractivity contribution in [2.45, 2.75) is 11.3 Å². The van der Waals surface area contributed by atoms with E-state index >= 15 is 0 Å². The Morgan fingerprint density at radius 2 is 1.95 bits per heavy atom. The molecule has 1 aliphatic carbocycles.